The van der Waals surface area contributed by atoms with Crippen LogP contribution in [0.25, 0.3) is 0 Å². The maximum atomic E-state index is 14.5. The summed E-state index contributed by atoms with van der Waals surface area (Å²) in [6.07, 6.45) is 3.65. The zero-order chi connectivity index (χ0) is 17.8. The van der Waals surface area contributed by atoms with E-state index in [9.17, 15) is 13.6 Å². The molecule has 26 heavy (non-hydrogen) atoms. The molecule has 3 unspecified atom stereocenters. The molecule has 136 valence electrons. The number of piperidine rings is 3. The number of amides is 1. The highest BCUT2D eigenvalue weighted by Crippen LogP contribution is 2.47. The summed E-state index contributed by atoms with van der Waals surface area (Å²) in [6, 6.07) is 6.11. The molecule has 0 saturated carbocycles. The third-order valence-corrected chi connectivity index (χ3v) is 6.37. The predicted octanol–water partition coefficient (Wildman–Crippen LogP) is 2.39. The van der Waals surface area contributed by atoms with Crippen LogP contribution >= 0.6 is 0 Å². The van der Waals surface area contributed by atoms with Gasteiger partial charge in [-0.2, -0.15) is 5.10 Å². The molecule has 1 N–H and O–H groups in total. The van der Waals surface area contributed by atoms with Gasteiger partial charge in [-0.15, -0.1) is 0 Å². The number of H-pyrrole nitrogens is 1. The summed E-state index contributed by atoms with van der Waals surface area (Å²) in [5, 5.41) is 6.62. The van der Waals surface area contributed by atoms with Crippen LogP contribution in [-0.2, 0) is 0 Å². The van der Waals surface area contributed by atoms with E-state index in [0.717, 1.165) is 32.0 Å². The lowest BCUT2D eigenvalue weighted by Crippen LogP contribution is -2.60. The van der Waals surface area contributed by atoms with Crippen LogP contribution in [0.4, 0.5) is 8.78 Å². The van der Waals surface area contributed by atoms with Crippen molar-refractivity contribution in [2.45, 2.75) is 30.8 Å². The first-order chi connectivity index (χ1) is 12.6. The van der Waals surface area contributed by atoms with Crippen molar-refractivity contribution in [3.63, 3.8) is 0 Å². The van der Waals surface area contributed by atoms with Crippen molar-refractivity contribution in [3.05, 3.63) is 53.4 Å². The summed E-state index contributed by atoms with van der Waals surface area (Å²) in [6.45, 7) is 2.33. The van der Waals surface area contributed by atoms with Gasteiger partial charge in [0, 0.05) is 24.7 Å². The van der Waals surface area contributed by atoms with E-state index in [1.807, 2.05) is 4.90 Å². The molecule has 7 heteroatoms. The van der Waals surface area contributed by atoms with Crippen molar-refractivity contribution < 1.29 is 13.6 Å². The number of benzene rings is 1. The molecule has 1 aromatic heterocycles. The minimum absolute atomic E-state index is 0.0426. The lowest BCUT2D eigenvalue weighted by atomic mass is 9.75. The second-order valence-electron chi connectivity index (χ2n) is 7.53. The van der Waals surface area contributed by atoms with E-state index in [1.165, 1.54) is 0 Å². The zero-order valence-corrected chi connectivity index (χ0v) is 14.2. The zero-order valence-electron chi connectivity index (χ0n) is 14.2. The van der Waals surface area contributed by atoms with Crippen LogP contribution in [0.1, 0.15) is 34.8 Å². The summed E-state index contributed by atoms with van der Waals surface area (Å²) in [4.78, 5) is 17.3. The summed E-state index contributed by atoms with van der Waals surface area (Å²) in [5.74, 6) is -1.52. The molecule has 5 heterocycles. The third-order valence-electron chi connectivity index (χ3n) is 6.37. The average molecular weight is 358 g/mol. The van der Waals surface area contributed by atoms with Gasteiger partial charge in [-0.3, -0.25) is 14.8 Å². The quantitative estimate of drug-likeness (QED) is 0.897. The molecule has 1 aromatic carbocycles. The number of likely N-dealkylation sites (tertiary alicyclic amines) is 1. The number of carbonyl (C=O) groups excluding carboxylic acids is 1. The number of aromatic amines is 1. The van der Waals surface area contributed by atoms with Gasteiger partial charge in [0.25, 0.3) is 5.91 Å². The summed E-state index contributed by atoms with van der Waals surface area (Å²) < 4.78 is 28.4. The number of rotatable bonds is 2. The fourth-order valence-corrected chi connectivity index (χ4v) is 5.26. The second kappa shape index (κ2) is 5.87. The van der Waals surface area contributed by atoms with Gasteiger partial charge in [0.1, 0.15) is 5.69 Å². The molecule has 3 atom stereocenters. The topological polar surface area (TPSA) is 52.2 Å². The maximum absolute atomic E-state index is 14.5. The SMILES string of the molecule is O=C(c1ccn[nH]1)N1CC(c2cccc(F)c2F)C2C1C1CCN2CC1. The molecule has 2 aromatic rings. The van der Waals surface area contributed by atoms with Crippen LogP contribution in [0, 0.1) is 17.6 Å². The highest BCUT2D eigenvalue weighted by atomic mass is 19.2. The van der Waals surface area contributed by atoms with Gasteiger partial charge >= 0.3 is 0 Å². The van der Waals surface area contributed by atoms with Gasteiger partial charge in [0.2, 0.25) is 0 Å². The fraction of sp³-hybridized carbons (Fsp3) is 0.474. The molecule has 4 saturated heterocycles. The number of fused-ring (bicyclic) bond motifs is 2. The van der Waals surface area contributed by atoms with Gasteiger partial charge in [-0.05, 0) is 49.5 Å². The van der Waals surface area contributed by atoms with Gasteiger partial charge in [-0.1, -0.05) is 12.1 Å². The lowest BCUT2D eigenvalue weighted by molar-refractivity contribution is -0.00376. The van der Waals surface area contributed by atoms with Crippen molar-refractivity contribution in [1.82, 2.24) is 20.0 Å². The number of halogens is 2. The Morgan fingerprint density at radius 1 is 1.15 bits per heavy atom. The van der Waals surface area contributed by atoms with Crippen LogP contribution in [0.15, 0.2) is 30.5 Å². The standard InChI is InChI=1S/C19H20F2N4O/c20-14-3-1-2-12(16(14)21)13-10-25(19(26)15-4-7-22-23-15)17-11-5-8-24(9-6-11)18(13)17/h1-4,7,11,13,17-18H,5-6,8-10H2,(H,22,23). The van der Waals surface area contributed by atoms with Gasteiger partial charge < -0.3 is 4.90 Å². The molecule has 4 aliphatic heterocycles. The van der Waals surface area contributed by atoms with E-state index < -0.39 is 11.6 Å². The minimum atomic E-state index is -0.826. The van der Waals surface area contributed by atoms with Crippen molar-refractivity contribution in [1.29, 1.82) is 0 Å². The third kappa shape index (κ3) is 2.23. The molecule has 0 spiro atoms. The van der Waals surface area contributed by atoms with E-state index in [2.05, 4.69) is 15.1 Å². The van der Waals surface area contributed by atoms with Crippen LogP contribution in [-0.4, -0.2) is 57.6 Å². The minimum Gasteiger partial charge on any atom is -0.332 e. The van der Waals surface area contributed by atoms with Crippen molar-refractivity contribution in [3.8, 4) is 0 Å². The van der Waals surface area contributed by atoms with Crippen LogP contribution in [0.3, 0.4) is 0 Å². The van der Waals surface area contributed by atoms with Crippen LogP contribution in [0.5, 0.6) is 0 Å². The van der Waals surface area contributed by atoms with E-state index in [4.69, 9.17) is 0 Å². The highest BCUT2D eigenvalue weighted by molar-refractivity contribution is 5.92. The van der Waals surface area contributed by atoms with E-state index in [0.29, 0.717) is 23.7 Å². The van der Waals surface area contributed by atoms with Crippen LogP contribution in [0.2, 0.25) is 0 Å². The maximum Gasteiger partial charge on any atom is 0.272 e. The molecule has 0 radical (unpaired) electrons. The Kier molecular flexibility index (Phi) is 3.60. The second-order valence-corrected chi connectivity index (χ2v) is 7.53. The van der Waals surface area contributed by atoms with Gasteiger partial charge in [0.15, 0.2) is 11.6 Å². The highest BCUT2D eigenvalue weighted by Gasteiger charge is 2.55. The van der Waals surface area contributed by atoms with E-state index in [1.54, 1.807) is 24.4 Å². The Morgan fingerprint density at radius 3 is 2.69 bits per heavy atom. The summed E-state index contributed by atoms with van der Waals surface area (Å²) in [7, 11) is 0. The Hall–Kier alpha value is -2.28. The van der Waals surface area contributed by atoms with Crippen LogP contribution < -0.4 is 0 Å². The molecule has 5 nitrogen and oxygen atoms in total. The van der Waals surface area contributed by atoms with Crippen molar-refractivity contribution in [2.75, 3.05) is 19.6 Å². The molecular formula is C19H20F2N4O. The van der Waals surface area contributed by atoms with E-state index >= 15 is 0 Å². The largest absolute Gasteiger partial charge is 0.332 e. The molecule has 0 aliphatic carbocycles. The molecule has 4 fully saturated rings. The van der Waals surface area contributed by atoms with E-state index in [-0.39, 0.29) is 23.9 Å². The van der Waals surface area contributed by atoms with Crippen molar-refractivity contribution >= 4 is 5.91 Å². The first-order valence-electron chi connectivity index (χ1n) is 9.13. The first-order valence-corrected chi connectivity index (χ1v) is 9.13. The molecule has 6 rings (SSSR count). The Morgan fingerprint density at radius 2 is 1.96 bits per heavy atom. The number of hydrogen-bond donors (Lipinski definition) is 1. The van der Waals surface area contributed by atoms with Crippen molar-refractivity contribution in [2.24, 2.45) is 5.92 Å². The molecule has 4 aliphatic rings. The summed E-state index contributed by atoms with van der Waals surface area (Å²) in [5.41, 5.74) is 0.827. The smallest absolute Gasteiger partial charge is 0.272 e. The number of nitrogens with zero attached hydrogens (tertiary/aromatic N) is 3. The monoisotopic (exact) mass is 358 g/mol. The normalized spacial score (nSPS) is 32.7. The lowest BCUT2D eigenvalue weighted by Gasteiger charge is -2.51. The Labute approximate surface area is 150 Å². The summed E-state index contributed by atoms with van der Waals surface area (Å²) >= 11 is 0. The van der Waals surface area contributed by atoms with Gasteiger partial charge in [0.05, 0.1) is 6.04 Å². The molecule has 2 bridgehead atoms. The Balaban J connectivity index is 1.57. The average Bonchev–Trinajstić information content (AvgIpc) is 3.33. The molecule has 1 amide bonds. The first kappa shape index (κ1) is 15.9. The fourth-order valence-electron chi connectivity index (χ4n) is 5.26. The molecular weight excluding hydrogens is 338 g/mol. The predicted molar refractivity (Wildman–Crippen MR) is 90.6 cm³/mol. The Bertz CT molecular complexity index is 832. The number of hydrogen-bond acceptors (Lipinski definition) is 3. The number of aromatic nitrogens is 2. The number of carbonyl (C=O) groups is 1. The number of nitrogens with one attached hydrogen (secondary N) is 1. The van der Waals surface area contributed by atoms with Gasteiger partial charge in [-0.25, -0.2) is 8.78 Å².